The Bertz CT molecular complexity index is 830. The van der Waals surface area contributed by atoms with Gasteiger partial charge in [0, 0.05) is 24.3 Å². The summed E-state index contributed by atoms with van der Waals surface area (Å²) in [5, 5.41) is 0. The van der Waals surface area contributed by atoms with Gasteiger partial charge in [0.1, 0.15) is 11.8 Å². The van der Waals surface area contributed by atoms with Crippen LogP contribution < -0.4 is 9.64 Å². The van der Waals surface area contributed by atoms with Crippen molar-refractivity contribution in [2.45, 2.75) is 26.8 Å². The van der Waals surface area contributed by atoms with Crippen LogP contribution in [0.2, 0.25) is 0 Å². The van der Waals surface area contributed by atoms with Gasteiger partial charge >= 0.3 is 0 Å². The molecule has 0 spiro atoms. The second-order valence-corrected chi connectivity index (χ2v) is 6.68. The summed E-state index contributed by atoms with van der Waals surface area (Å²) in [6, 6.07) is 12.5. The Morgan fingerprint density at radius 3 is 2.38 bits per heavy atom. The second kappa shape index (κ2) is 7.20. The van der Waals surface area contributed by atoms with E-state index in [-0.39, 0.29) is 11.8 Å². The van der Waals surface area contributed by atoms with Gasteiger partial charge in [0.2, 0.25) is 5.91 Å². The average molecular weight is 352 g/mol. The van der Waals surface area contributed by atoms with Gasteiger partial charge in [-0.2, -0.15) is 0 Å². The highest BCUT2D eigenvalue weighted by Crippen LogP contribution is 2.26. The molecular weight excluding hydrogens is 328 g/mol. The van der Waals surface area contributed by atoms with Crippen LogP contribution in [0.5, 0.6) is 5.75 Å². The minimum Gasteiger partial charge on any atom is -0.497 e. The SMILES string of the molecule is COc1ccc(C(=O)N2CCN(c3ccc(C)cc3C)C(=O)C2C)cc1. The fourth-order valence-electron chi connectivity index (χ4n) is 3.39. The van der Waals surface area contributed by atoms with Crippen molar-refractivity contribution in [1.82, 2.24) is 4.90 Å². The average Bonchev–Trinajstić information content (AvgIpc) is 2.64. The van der Waals surface area contributed by atoms with Gasteiger partial charge in [0.05, 0.1) is 7.11 Å². The van der Waals surface area contributed by atoms with E-state index in [1.54, 1.807) is 48.1 Å². The van der Waals surface area contributed by atoms with Crippen LogP contribution in [0.3, 0.4) is 0 Å². The molecule has 2 aromatic rings. The highest BCUT2D eigenvalue weighted by molar-refractivity contribution is 6.03. The third-order valence-electron chi connectivity index (χ3n) is 4.90. The third kappa shape index (κ3) is 3.29. The van der Waals surface area contributed by atoms with Crippen LogP contribution >= 0.6 is 0 Å². The van der Waals surface area contributed by atoms with E-state index in [2.05, 4.69) is 6.07 Å². The molecule has 0 bridgehead atoms. The molecule has 0 saturated carbocycles. The number of carbonyl (C=O) groups excluding carboxylic acids is 2. The summed E-state index contributed by atoms with van der Waals surface area (Å²) >= 11 is 0. The number of aryl methyl sites for hydroxylation is 2. The predicted octanol–water partition coefficient (Wildman–Crippen LogP) is 3.19. The summed E-state index contributed by atoms with van der Waals surface area (Å²) in [5.41, 5.74) is 3.72. The molecule has 0 radical (unpaired) electrons. The normalized spacial score (nSPS) is 17.4. The minimum atomic E-state index is -0.501. The Kier molecular flexibility index (Phi) is 4.98. The van der Waals surface area contributed by atoms with Crippen molar-refractivity contribution in [3.8, 4) is 5.75 Å². The number of benzene rings is 2. The number of methoxy groups -OCH3 is 1. The Balaban J connectivity index is 1.79. The van der Waals surface area contributed by atoms with Gasteiger partial charge in [-0.3, -0.25) is 9.59 Å². The first kappa shape index (κ1) is 18.0. The Morgan fingerprint density at radius 1 is 1.08 bits per heavy atom. The van der Waals surface area contributed by atoms with E-state index >= 15 is 0 Å². The zero-order valence-electron chi connectivity index (χ0n) is 15.7. The van der Waals surface area contributed by atoms with E-state index in [0.29, 0.717) is 24.4 Å². The molecule has 1 aliphatic heterocycles. The standard InChI is InChI=1S/C21H24N2O3/c1-14-5-10-19(15(2)13-14)23-12-11-22(16(3)20(23)24)21(25)17-6-8-18(26-4)9-7-17/h5-10,13,16H,11-12H2,1-4H3. The monoisotopic (exact) mass is 352 g/mol. The van der Waals surface area contributed by atoms with Gasteiger partial charge in [-0.25, -0.2) is 0 Å². The number of hydrogen-bond acceptors (Lipinski definition) is 3. The molecule has 1 atom stereocenters. The lowest BCUT2D eigenvalue weighted by atomic mass is 10.1. The summed E-state index contributed by atoms with van der Waals surface area (Å²) < 4.78 is 5.13. The molecule has 5 heteroatoms. The molecule has 1 unspecified atom stereocenters. The smallest absolute Gasteiger partial charge is 0.254 e. The summed E-state index contributed by atoms with van der Waals surface area (Å²) in [4.78, 5) is 29.2. The van der Waals surface area contributed by atoms with Crippen LogP contribution in [0.4, 0.5) is 5.69 Å². The summed E-state index contributed by atoms with van der Waals surface area (Å²) in [6.45, 7) is 6.83. The summed E-state index contributed by atoms with van der Waals surface area (Å²) in [5.74, 6) is 0.518. The molecule has 26 heavy (non-hydrogen) atoms. The summed E-state index contributed by atoms with van der Waals surface area (Å²) in [6.07, 6.45) is 0. The quantitative estimate of drug-likeness (QED) is 0.852. The highest BCUT2D eigenvalue weighted by Gasteiger charge is 2.35. The van der Waals surface area contributed by atoms with E-state index in [1.807, 2.05) is 26.0 Å². The topological polar surface area (TPSA) is 49.9 Å². The fraction of sp³-hybridized carbons (Fsp3) is 0.333. The van der Waals surface area contributed by atoms with Crippen molar-refractivity contribution in [2.24, 2.45) is 0 Å². The maximum Gasteiger partial charge on any atom is 0.254 e. The molecule has 1 fully saturated rings. The van der Waals surface area contributed by atoms with E-state index in [9.17, 15) is 9.59 Å². The molecule has 0 aromatic heterocycles. The molecule has 5 nitrogen and oxygen atoms in total. The number of rotatable bonds is 3. The Labute approximate surface area is 154 Å². The molecular formula is C21H24N2O3. The number of hydrogen-bond donors (Lipinski definition) is 0. The van der Waals surface area contributed by atoms with Crippen LogP contribution in [0, 0.1) is 13.8 Å². The van der Waals surface area contributed by atoms with Gasteiger partial charge in [-0.05, 0) is 56.7 Å². The van der Waals surface area contributed by atoms with Gasteiger partial charge in [0.25, 0.3) is 5.91 Å². The van der Waals surface area contributed by atoms with Crippen molar-refractivity contribution in [3.05, 3.63) is 59.2 Å². The zero-order valence-corrected chi connectivity index (χ0v) is 15.7. The number of piperazine rings is 1. The minimum absolute atomic E-state index is 0.0509. The van der Waals surface area contributed by atoms with Crippen molar-refractivity contribution < 1.29 is 14.3 Å². The van der Waals surface area contributed by atoms with Gasteiger partial charge in [0.15, 0.2) is 0 Å². The number of amides is 2. The van der Waals surface area contributed by atoms with Crippen molar-refractivity contribution in [1.29, 1.82) is 0 Å². The molecule has 2 aromatic carbocycles. The molecule has 0 aliphatic carbocycles. The lowest BCUT2D eigenvalue weighted by Gasteiger charge is -2.39. The second-order valence-electron chi connectivity index (χ2n) is 6.68. The number of nitrogens with zero attached hydrogens (tertiary/aromatic N) is 2. The number of anilines is 1. The maximum absolute atomic E-state index is 12.9. The lowest BCUT2D eigenvalue weighted by molar-refractivity contribution is -0.124. The summed E-state index contributed by atoms with van der Waals surface area (Å²) in [7, 11) is 1.59. The molecule has 1 heterocycles. The van der Waals surface area contributed by atoms with E-state index in [1.165, 1.54) is 5.56 Å². The van der Waals surface area contributed by atoms with Crippen molar-refractivity contribution in [2.75, 3.05) is 25.1 Å². The zero-order chi connectivity index (χ0) is 18.8. The Morgan fingerprint density at radius 2 is 1.77 bits per heavy atom. The lowest BCUT2D eigenvalue weighted by Crippen LogP contribution is -2.57. The van der Waals surface area contributed by atoms with Crippen molar-refractivity contribution >= 4 is 17.5 Å². The van der Waals surface area contributed by atoms with Gasteiger partial charge < -0.3 is 14.5 Å². The van der Waals surface area contributed by atoms with Gasteiger partial charge in [-0.1, -0.05) is 17.7 Å². The molecule has 136 valence electrons. The van der Waals surface area contributed by atoms with Gasteiger partial charge in [-0.15, -0.1) is 0 Å². The van der Waals surface area contributed by atoms with E-state index < -0.39 is 6.04 Å². The molecule has 1 saturated heterocycles. The molecule has 2 amide bonds. The largest absolute Gasteiger partial charge is 0.497 e. The molecule has 0 N–H and O–H groups in total. The molecule has 1 aliphatic rings. The van der Waals surface area contributed by atoms with Crippen molar-refractivity contribution in [3.63, 3.8) is 0 Å². The maximum atomic E-state index is 12.9. The first-order valence-corrected chi connectivity index (χ1v) is 8.76. The predicted molar refractivity (Wildman–Crippen MR) is 102 cm³/mol. The van der Waals surface area contributed by atoms with Crippen LogP contribution in [0.15, 0.2) is 42.5 Å². The highest BCUT2D eigenvalue weighted by atomic mass is 16.5. The third-order valence-corrected chi connectivity index (χ3v) is 4.90. The first-order valence-electron chi connectivity index (χ1n) is 8.76. The fourth-order valence-corrected chi connectivity index (χ4v) is 3.39. The first-order chi connectivity index (χ1) is 12.4. The van der Waals surface area contributed by atoms with E-state index in [0.717, 1.165) is 11.3 Å². The molecule has 3 rings (SSSR count). The van der Waals surface area contributed by atoms with Crippen LogP contribution in [-0.2, 0) is 4.79 Å². The Hall–Kier alpha value is -2.82. The number of carbonyl (C=O) groups is 2. The number of ether oxygens (including phenoxy) is 1. The van der Waals surface area contributed by atoms with E-state index in [4.69, 9.17) is 4.74 Å². The van der Waals surface area contributed by atoms with Crippen LogP contribution in [-0.4, -0.2) is 43.0 Å². The van der Waals surface area contributed by atoms with Crippen LogP contribution in [0.25, 0.3) is 0 Å². The van der Waals surface area contributed by atoms with Crippen LogP contribution in [0.1, 0.15) is 28.4 Å².